The first-order valence-corrected chi connectivity index (χ1v) is 8.24. The van der Waals surface area contributed by atoms with Gasteiger partial charge in [-0.2, -0.15) is 5.06 Å². The summed E-state index contributed by atoms with van der Waals surface area (Å²) in [5.74, 6) is -1.25. The van der Waals surface area contributed by atoms with Crippen LogP contribution in [0.3, 0.4) is 0 Å². The summed E-state index contributed by atoms with van der Waals surface area (Å²) in [6.07, 6.45) is 2.54. The first kappa shape index (κ1) is 18.2. The van der Waals surface area contributed by atoms with Crippen LogP contribution in [0.2, 0.25) is 0 Å². The van der Waals surface area contributed by atoms with Crippen molar-refractivity contribution in [3.8, 4) is 5.75 Å². The lowest BCUT2D eigenvalue weighted by Crippen LogP contribution is -2.27. The number of allylic oxidation sites excluding steroid dienone is 1. The van der Waals surface area contributed by atoms with E-state index in [-0.39, 0.29) is 11.0 Å². The van der Waals surface area contributed by atoms with Gasteiger partial charge in [0.05, 0.1) is 11.8 Å². The zero-order chi connectivity index (χ0) is 17.9. The average molecular weight is 331 g/mol. The predicted molar refractivity (Wildman–Crippen MR) is 90.7 cm³/mol. The minimum Gasteiger partial charge on any atom is -0.490 e. The van der Waals surface area contributed by atoms with E-state index in [2.05, 4.69) is 0 Å². The Kier molecular flexibility index (Phi) is 5.78. The maximum absolute atomic E-state index is 12.3. The Morgan fingerprint density at radius 3 is 2.38 bits per heavy atom. The van der Waals surface area contributed by atoms with E-state index in [9.17, 15) is 14.8 Å². The fourth-order valence-electron chi connectivity index (χ4n) is 2.91. The Hall–Kier alpha value is -2.14. The summed E-state index contributed by atoms with van der Waals surface area (Å²) >= 11 is 0. The van der Waals surface area contributed by atoms with Crippen molar-refractivity contribution in [3.63, 3.8) is 0 Å². The van der Waals surface area contributed by atoms with Crippen LogP contribution in [0.5, 0.6) is 5.75 Å². The number of carbonyl (C=O) groups is 2. The summed E-state index contributed by atoms with van der Waals surface area (Å²) in [6, 6.07) is 7.16. The molecule has 0 saturated carbocycles. The zero-order valence-electron chi connectivity index (χ0n) is 14.7. The van der Waals surface area contributed by atoms with Crippen molar-refractivity contribution < 1.29 is 19.5 Å². The quantitative estimate of drug-likeness (QED) is 0.492. The highest BCUT2D eigenvalue weighted by Crippen LogP contribution is 2.38. The molecule has 2 amide bonds. The summed E-state index contributed by atoms with van der Waals surface area (Å²) in [5.41, 5.74) is 1.91. The van der Waals surface area contributed by atoms with Crippen LogP contribution in [0, 0.1) is 11.8 Å². The molecule has 0 spiro atoms. The number of ether oxygens (including phenoxy) is 1. The van der Waals surface area contributed by atoms with Crippen LogP contribution in [0.15, 0.2) is 35.9 Å². The Labute approximate surface area is 142 Å². The fourth-order valence-corrected chi connectivity index (χ4v) is 2.91. The molecule has 2 rings (SSSR count). The lowest BCUT2D eigenvalue weighted by molar-refractivity contribution is -0.172. The molecule has 1 aliphatic rings. The highest BCUT2D eigenvalue weighted by Gasteiger charge is 2.48. The molecule has 1 N–H and O–H groups in total. The average Bonchev–Trinajstić information content (AvgIpc) is 2.72. The molecule has 0 aromatic heterocycles. The van der Waals surface area contributed by atoms with Gasteiger partial charge in [-0.1, -0.05) is 31.6 Å². The molecule has 5 nitrogen and oxygen atoms in total. The highest BCUT2D eigenvalue weighted by molar-refractivity contribution is 6.06. The van der Waals surface area contributed by atoms with E-state index < -0.39 is 23.7 Å². The summed E-state index contributed by atoms with van der Waals surface area (Å²) in [5, 5.41) is 9.98. The number of imide groups is 1. The minimum absolute atomic E-state index is 0.257. The van der Waals surface area contributed by atoms with Gasteiger partial charge in [-0.15, -0.1) is 0 Å². The van der Waals surface area contributed by atoms with Gasteiger partial charge in [0.2, 0.25) is 0 Å². The first-order chi connectivity index (χ1) is 11.3. The van der Waals surface area contributed by atoms with E-state index in [1.807, 2.05) is 33.8 Å². The summed E-state index contributed by atoms with van der Waals surface area (Å²) < 4.78 is 5.61. The summed E-state index contributed by atoms with van der Waals surface area (Å²) in [7, 11) is 0. The van der Waals surface area contributed by atoms with Crippen LogP contribution < -0.4 is 4.74 Å². The smallest absolute Gasteiger partial charge is 0.261 e. The number of nitrogens with zero attached hydrogens (tertiary/aromatic N) is 1. The SMILES string of the molecule is CC(C)=CCOc1ccc([C@@H]2C(=O)N(O)C(=O)[C@@H]2CC(C)C)cc1. The van der Waals surface area contributed by atoms with Crippen molar-refractivity contribution in [2.45, 2.75) is 40.0 Å². The van der Waals surface area contributed by atoms with Crippen LogP contribution >= 0.6 is 0 Å². The molecule has 0 bridgehead atoms. The number of amides is 2. The van der Waals surface area contributed by atoms with Gasteiger partial charge in [-0.25, -0.2) is 0 Å². The molecular formula is C19H25NO4. The predicted octanol–water partition coefficient (Wildman–Crippen LogP) is 3.54. The van der Waals surface area contributed by atoms with E-state index in [0.717, 1.165) is 5.56 Å². The second kappa shape index (κ2) is 7.62. The third kappa shape index (κ3) is 4.03. The van der Waals surface area contributed by atoms with Gasteiger partial charge < -0.3 is 4.74 Å². The topological polar surface area (TPSA) is 66.8 Å². The molecule has 5 heteroatoms. The number of benzene rings is 1. The molecule has 2 atom stereocenters. The van der Waals surface area contributed by atoms with Crippen LogP contribution in [0.1, 0.15) is 45.6 Å². The van der Waals surface area contributed by atoms with Crippen molar-refractivity contribution in [3.05, 3.63) is 41.5 Å². The molecule has 130 valence electrons. The third-order valence-corrected chi connectivity index (χ3v) is 4.11. The van der Waals surface area contributed by atoms with Crippen LogP contribution in [-0.2, 0) is 9.59 Å². The maximum atomic E-state index is 12.3. The maximum Gasteiger partial charge on any atom is 0.261 e. The monoisotopic (exact) mass is 331 g/mol. The Balaban J connectivity index is 2.17. The number of rotatable bonds is 6. The molecule has 24 heavy (non-hydrogen) atoms. The second-order valence-electron chi connectivity index (χ2n) is 6.86. The third-order valence-electron chi connectivity index (χ3n) is 4.11. The van der Waals surface area contributed by atoms with Gasteiger partial charge >= 0.3 is 0 Å². The van der Waals surface area contributed by atoms with Gasteiger partial charge in [-0.05, 0) is 50.0 Å². The molecular weight excluding hydrogens is 306 g/mol. The molecule has 1 aromatic rings. The summed E-state index contributed by atoms with van der Waals surface area (Å²) in [4.78, 5) is 24.4. The van der Waals surface area contributed by atoms with E-state index in [0.29, 0.717) is 18.8 Å². The molecule has 1 saturated heterocycles. The Bertz CT molecular complexity index is 629. The molecule has 1 fully saturated rings. The summed E-state index contributed by atoms with van der Waals surface area (Å²) in [6.45, 7) is 8.49. The van der Waals surface area contributed by atoms with Gasteiger partial charge in [0.25, 0.3) is 11.8 Å². The van der Waals surface area contributed by atoms with Crippen LogP contribution in [0.4, 0.5) is 0 Å². The lowest BCUT2D eigenvalue weighted by atomic mass is 9.83. The van der Waals surface area contributed by atoms with Gasteiger partial charge in [0.1, 0.15) is 12.4 Å². The van der Waals surface area contributed by atoms with Gasteiger partial charge in [0, 0.05) is 0 Å². The van der Waals surface area contributed by atoms with Crippen LogP contribution in [0.25, 0.3) is 0 Å². The molecule has 0 radical (unpaired) electrons. The van der Waals surface area contributed by atoms with Crippen molar-refractivity contribution in [2.24, 2.45) is 11.8 Å². The second-order valence-corrected chi connectivity index (χ2v) is 6.86. The van der Waals surface area contributed by atoms with Crippen LogP contribution in [-0.4, -0.2) is 28.7 Å². The Morgan fingerprint density at radius 1 is 1.21 bits per heavy atom. The van der Waals surface area contributed by atoms with Crippen molar-refractivity contribution in [1.29, 1.82) is 0 Å². The number of hydroxylamine groups is 2. The van der Waals surface area contributed by atoms with E-state index >= 15 is 0 Å². The highest BCUT2D eigenvalue weighted by atomic mass is 16.5. The molecule has 0 aliphatic carbocycles. The van der Waals surface area contributed by atoms with E-state index in [1.54, 1.807) is 24.3 Å². The normalized spacial score (nSPS) is 20.7. The Morgan fingerprint density at radius 2 is 1.83 bits per heavy atom. The number of carbonyl (C=O) groups excluding carboxylic acids is 2. The number of hydrogen-bond acceptors (Lipinski definition) is 4. The fraction of sp³-hybridized carbons (Fsp3) is 0.474. The molecule has 0 unspecified atom stereocenters. The molecule has 1 aromatic carbocycles. The minimum atomic E-state index is -0.628. The van der Waals surface area contributed by atoms with E-state index in [1.165, 1.54) is 5.57 Å². The van der Waals surface area contributed by atoms with E-state index in [4.69, 9.17) is 4.74 Å². The molecule has 1 heterocycles. The van der Waals surface area contributed by atoms with Gasteiger partial charge in [0.15, 0.2) is 0 Å². The van der Waals surface area contributed by atoms with Crippen molar-refractivity contribution >= 4 is 11.8 Å². The standard InChI is InChI=1S/C19H25NO4/c1-12(2)9-10-24-15-7-5-14(6-8-15)17-16(11-13(3)4)18(21)20(23)19(17)22/h5-9,13,16-17,23H,10-11H2,1-4H3/t16-,17+/m1/s1. The van der Waals surface area contributed by atoms with Crippen molar-refractivity contribution in [2.75, 3.05) is 6.61 Å². The van der Waals surface area contributed by atoms with Crippen molar-refractivity contribution in [1.82, 2.24) is 5.06 Å². The number of hydrogen-bond donors (Lipinski definition) is 1. The first-order valence-electron chi connectivity index (χ1n) is 8.24. The molecule has 1 aliphatic heterocycles. The lowest BCUT2D eigenvalue weighted by Gasteiger charge is -2.17. The largest absolute Gasteiger partial charge is 0.490 e. The zero-order valence-corrected chi connectivity index (χ0v) is 14.7. The van der Waals surface area contributed by atoms with Gasteiger partial charge in [-0.3, -0.25) is 14.8 Å².